The Balaban J connectivity index is 2.89. The number of hydrogen-bond acceptors (Lipinski definition) is 2. The van der Waals surface area contributed by atoms with Crippen LogP contribution < -0.4 is 5.73 Å². The molecule has 4 heteroatoms. The molecule has 0 heterocycles. The molecule has 0 aliphatic rings. The third-order valence-electron chi connectivity index (χ3n) is 2.30. The standard InChI is InChI=1S/C13H19ClN2O/c1-13(2,3)8-16(4)12(17)10-6-5-9(14)7-11(10)15/h5-7H,8,15H2,1-4H3. The Morgan fingerprint density at radius 3 is 2.47 bits per heavy atom. The van der Waals surface area contributed by atoms with E-state index in [1.807, 2.05) is 0 Å². The minimum atomic E-state index is -0.0749. The molecule has 1 aromatic rings. The Labute approximate surface area is 108 Å². The molecule has 1 rings (SSSR count). The van der Waals surface area contributed by atoms with Gasteiger partial charge in [0.2, 0.25) is 0 Å². The summed E-state index contributed by atoms with van der Waals surface area (Å²) in [7, 11) is 1.78. The van der Waals surface area contributed by atoms with Crippen LogP contribution in [0.5, 0.6) is 0 Å². The lowest BCUT2D eigenvalue weighted by molar-refractivity contribution is 0.0746. The first-order valence-corrected chi connectivity index (χ1v) is 5.89. The van der Waals surface area contributed by atoms with Gasteiger partial charge in [-0.15, -0.1) is 0 Å². The molecule has 0 aliphatic carbocycles. The molecule has 2 N–H and O–H groups in total. The average Bonchev–Trinajstić information content (AvgIpc) is 2.14. The molecule has 0 saturated heterocycles. The molecule has 0 spiro atoms. The van der Waals surface area contributed by atoms with Gasteiger partial charge in [-0.2, -0.15) is 0 Å². The SMILES string of the molecule is CN(CC(C)(C)C)C(=O)c1ccc(Cl)cc1N. The van der Waals surface area contributed by atoms with Gasteiger partial charge < -0.3 is 10.6 Å². The highest BCUT2D eigenvalue weighted by Crippen LogP contribution is 2.21. The van der Waals surface area contributed by atoms with Crippen LogP contribution in [0.2, 0.25) is 5.02 Å². The van der Waals surface area contributed by atoms with Crippen molar-refractivity contribution in [2.75, 3.05) is 19.3 Å². The summed E-state index contributed by atoms with van der Waals surface area (Å²) < 4.78 is 0. The lowest BCUT2D eigenvalue weighted by Crippen LogP contribution is -2.34. The average molecular weight is 255 g/mol. The topological polar surface area (TPSA) is 46.3 Å². The fraction of sp³-hybridized carbons (Fsp3) is 0.462. The molecule has 0 unspecified atom stereocenters. The van der Waals surface area contributed by atoms with Crippen LogP contribution in [0.25, 0.3) is 0 Å². The van der Waals surface area contributed by atoms with Crippen LogP contribution in [0.15, 0.2) is 18.2 Å². The van der Waals surface area contributed by atoms with Crippen molar-refractivity contribution in [2.45, 2.75) is 20.8 Å². The molecule has 1 amide bonds. The van der Waals surface area contributed by atoms with Crippen molar-refractivity contribution in [2.24, 2.45) is 5.41 Å². The maximum Gasteiger partial charge on any atom is 0.255 e. The third kappa shape index (κ3) is 3.93. The Morgan fingerprint density at radius 1 is 1.41 bits per heavy atom. The van der Waals surface area contributed by atoms with Crippen LogP contribution in [-0.4, -0.2) is 24.4 Å². The Kier molecular flexibility index (Phi) is 4.04. The summed E-state index contributed by atoms with van der Waals surface area (Å²) in [5, 5.41) is 0.539. The number of nitrogens with two attached hydrogens (primary N) is 1. The fourth-order valence-electron chi connectivity index (χ4n) is 1.72. The number of anilines is 1. The lowest BCUT2D eigenvalue weighted by Gasteiger charge is -2.27. The molecule has 94 valence electrons. The summed E-state index contributed by atoms with van der Waals surface area (Å²) in [5.74, 6) is -0.0749. The number of amides is 1. The second kappa shape index (κ2) is 4.96. The molecular formula is C13H19ClN2O. The van der Waals surface area contributed by atoms with E-state index in [0.29, 0.717) is 22.8 Å². The van der Waals surface area contributed by atoms with Gasteiger partial charge in [0, 0.05) is 24.3 Å². The number of rotatable bonds is 2. The molecule has 0 aliphatic heterocycles. The first-order valence-electron chi connectivity index (χ1n) is 5.51. The predicted octanol–water partition coefficient (Wildman–Crippen LogP) is 3.04. The van der Waals surface area contributed by atoms with Crippen LogP contribution in [0.4, 0.5) is 5.69 Å². The van der Waals surface area contributed by atoms with Crippen molar-refractivity contribution < 1.29 is 4.79 Å². The van der Waals surface area contributed by atoms with Crippen molar-refractivity contribution >= 4 is 23.2 Å². The molecule has 3 nitrogen and oxygen atoms in total. The smallest absolute Gasteiger partial charge is 0.255 e. The quantitative estimate of drug-likeness (QED) is 0.825. The van der Waals surface area contributed by atoms with Gasteiger partial charge in [0.15, 0.2) is 0 Å². The first kappa shape index (κ1) is 13.8. The van der Waals surface area contributed by atoms with Gasteiger partial charge in [-0.1, -0.05) is 32.4 Å². The van der Waals surface area contributed by atoms with E-state index in [9.17, 15) is 4.79 Å². The highest BCUT2D eigenvalue weighted by molar-refractivity contribution is 6.31. The monoisotopic (exact) mass is 254 g/mol. The van der Waals surface area contributed by atoms with E-state index in [1.54, 1.807) is 30.1 Å². The van der Waals surface area contributed by atoms with Gasteiger partial charge in [-0.3, -0.25) is 4.79 Å². The Hall–Kier alpha value is -1.22. The largest absolute Gasteiger partial charge is 0.398 e. The van der Waals surface area contributed by atoms with Crippen molar-refractivity contribution in [3.8, 4) is 0 Å². The molecular weight excluding hydrogens is 236 g/mol. The predicted molar refractivity (Wildman–Crippen MR) is 72.3 cm³/mol. The summed E-state index contributed by atoms with van der Waals surface area (Å²) in [5.41, 5.74) is 6.77. The zero-order valence-corrected chi connectivity index (χ0v) is 11.5. The number of benzene rings is 1. The van der Waals surface area contributed by atoms with Crippen molar-refractivity contribution in [1.82, 2.24) is 4.90 Å². The summed E-state index contributed by atoms with van der Waals surface area (Å²) in [6.07, 6.45) is 0. The number of hydrogen-bond donors (Lipinski definition) is 1. The molecule has 17 heavy (non-hydrogen) atoms. The zero-order chi connectivity index (χ0) is 13.2. The fourth-order valence-corrected chi connectivity index (χ4v) is 1.90. The van der Waals surface area contributed by atoms with Crippen LogP contribution in [0, 0.1) is 5.41 Å². The van der Waals surface area contributed by atoms with E-state index in [2.05, 4.69) is 20.8 Å². The molecule has 0 bridgehead atoms. The van der Waals surface area contributed by atoms with E-state index in [1.165, 1.54) is 0 Å². The zero-order valence-electron chi connectivity index (χ0n) is 10.7. The normalized spacial score (nSPS) is 11.4. The maximum absolute atomic E-state index is 12.2. The number of carbonyl (C=O) groups excluding carboxylic acids is 1. The highest BCUT2D eigenvalue weighted by Gasteiger charge is 2.20. The summed E-state index contributed by atoms with van der Waals surface area (Å²) in [6.45, 7) is 6.93. The Bertz CT molecular complexity index is 424. The highest BCUT2D eigenvalue weighted by atomic mass is 35.5. The van der Waals surface area contributed by atoms with E-state index in [-0.39, 0.29) is 11.3 Å². The molecule has 0 fully saturated rings. The van der Waals surface area contributed by atoms with E-state index < -0.39 is 0 Å². The molecule has 0 saturated carbocycles. The minimum absolute atomic E-state index is 0.0611. The van der Waals surface area contributed by atoms with Gasteiger partial charge in [-0.25, -0.2) is 0 Å². The lowest BCUT2D eigenvalue weighted by atomic mass is 9.96. The van der Waals surface area contributed by atoms with Crippen LogP contribution in [0.3, 0.4) is 0 Å². The third-order valence-corrected chi connectivity index (χ3v) is 2.54. The summed E-state index contributed by atoms with van der Waals surface area (Å²) >= 11 is 5.80. The number of carbonyl (C=O) groups is 1. The van der Waals surface area contributed by atoms with Gasteiger partial charge in [0.1, 0.15) is 0 Å². The molecule has 0 radical (unpaired) electrons. The molecule has 1 aromatic carbocycles. The second-order valence-corrected chi connectivity index (χ2v) is 5.89. The Morgan fingerprint density at radius 2 is 2.00 bits per heavy atom. The summed E-state index contributed by atoms with van der Waals surface area (Å²) in [6, 6.07) is 4.94. The van der Waals surface area contributed by atoms with Crippen molar-refractivity contribution in [3.05, 3.63) is 28.8 Å². The second-order valence-electron chi connectivity index (χ2n) is 5.45. The molecule has 0 atom stereocenters. The van der Waals surface area contributed by atoms with E-state index >= 15 is 0 Å². The number of halogens is 1. The van der Waals surface area contributed by atoms with Crippen molar-refractivity contribution in [3.63, 3.8) is 0 Å². The van der Waals surface area contributed by atoms with Crippen LogP contribution in [0.1, 0.15) is 31.1 Å². The van der Waals surface area contributed by atoms with Gasteiger partial charge in [0.05, 0.1) is 5.56 Å². The van der Waals surface area contributed by atoms with Crippen molar-refractivity contribution in [1.29, 1.82) is 0 Å². The van der Waals surface area contributed by atoms with E-state index in [0.717, 1.165) is 0 Å². The maximum atomic E-state index is 12.2. The van der Waals surface area contributed by atoms with Gasteiger partial charge in [0.25, 0.3) is 5.91 Å². The minimum Gasteiger partial charge on any atom is -0.398 e. The first-order chi connectivity index (χ1) is 7.70. The van der Waals surface area contributed by atoms with Gasteiger partial charge in [-0.05, 0) is 23.6 Å². The van der Waals surface area contributed by atoms with Crippen LogP contribution >= 0.6 is 11.6 Å². The van der Waals surface area contributed by atoms with Gasteiger partial charge >= 0.3 is 0 Å². The molecule has 0 aromatic heterocycles. The number of nitrogens with zero attached hydrogens (tertiary/aromatic N) is 1. The van der Waals surface area contributed by atoms with E-state index in [4.69, 9.17) is 17.3 Å². The van der Waals surface area contributed by atoms with Crippen LogP contribution in [-0.2, 0) is 0 Å². The summed E-state index contributed by atoms with van der Waals surface area (Å²) in [4.78, 5) is 13.8. The number of nitrogen functional groups attached to an aromatic ring is 1.